The second-order valence-corrected chi connectivity index (χ2v) is 38.0. The van der Waals surface area contributed by atoms with Crippen LogP contribution in [0.2, 0.25) is 0 Å². The number of rotatable bonds is 18. The highest BCUT2D eigenvalue weighted by Gasteiger charge is 2.46. The summed E-state index contributed by atoms with van der Waals surface area (Å²) in [4.78, 5) is 39.2. The molecule has 0 unspecified atom stereocenters. The van der Waals surface area contributed by atoms with Crippen LogP contribution < -0.4 is 11.4 Å². The van der Waals surface area contributed by atoms with Crippen molar-refractivity contribution >= 4 is 103 Å². The Labute approximate surface area is 849 Å². The van der Waals surface area contributed by atoms with Crippen molar-refractivity contribution in [3.05, 3.63) is 503 Å². The number of aryl methyl sites for hydroxylation is 2. The predicted molar refractivity (Wildman–Crippen MR) is 593 cm³/mol. The molecule has 17 aromatic carbocycles. The number of fused-ring (bicyclic) bond motifs is 9. The van der Waals surface area contributed by atoms with E-state index >= 15 is 0 Å². The van der Waals surface area contributed by atoms with Gasteiger partial charge in [-0.05, 0) is 210 Å². The van der Waals surface area contributed by atoms with Crippen molar-refractivity contribution in [2.45, 2.75) is 40.0 Å². The van der Waals surface area contributed by atoms with Crippen molar-refractivity contribution in [3.63, 3.8) is 0 Å². The van der Waals surface area contributed by atoms with Crippen LogP contribution in [0.1, 0.15) is 37.7 Å². The highest BCUT2D eigenvalue weighted by Crippen LogP contribution is 2.43. The molecule has 0 saturated heterocycles. The first-order valence-electron chi connectivity index (χ1n) is 48.7. The van der Waals surface area contributed by atoms with Gasteiger partial charge in [0.2, 0.25) is 0 Å². The van der Waals surface area contributed by atoms with Gasteiger partial charge in [-0.3, -0.25) is 43.2 Å². The fourth-order valence-corrected chi connectivity index (χ4v) is 20.4. The van der Waals surface area contributed by atoms with Gasteiger partial charge in [0.05, 0.1) is 44.1 Å². The molecule has 0 aliphatic carbocycles. The molecule has 0 fully saturated rings. The Bertz CT molecular complexity index is 8570. The summed E-state index contributed by atoms with van der Waals surface area (Å²) < 4.78 is 28.1. The fourth-order valence-electron chi connectivity index (χ4n) is 19.1. The van der Waals surface area contributed by atoms with Crippen LogP contribution in [0.25, 0.3) is 201 Å². The number of nitrogens with zero attached hydrogens (tertiary/aromatic N) is 14. The summed E-state index contributed by atoms with van der Waals surface area (Å²) in [5.74, 6) is 6.02. The topological polar surface area (TPSA) is 176 Å². The average molecular weight is 1900 g/mol. The van der Waals surface area contributed by atoms with Gasteiger partial charge < -0.3 is 11.4 Å². The molecular formula is C128H95AlN14O3. The minimum absolute atomic E-state index is 0.108. The van der Waals surface area contributed by atoms with Crippen LogP contribution >= 0.6 is 0 Å². The standard InChI is InChI=1S/C45H30N6.C30H27N3.C26H20N2.3C9H7NO.Al/c1-4-16-34(17-5-1)49-40-25-13-10-22-37(40)46-43(49)31-28-32(44-47-38-23-11-14-26-41(38)50(44)35-18-6-2-7-19-35)30-33(29-31)45-48-39-24-12-15-27-42(39)51(45)36-20-8-3-9-21-36;1-30(2,3)26-20-18-25(19-21-26)29-32-31-28(33(29)27-12-8-5-9-13-27)24-16-14-23(15-17-24)22-10-6-4-7-11-22;1-17-15-23(19-9-5-3-6-10-19)21-13-14-22-24(20-11-7-4-8-12-20)16-18(2)28-26(22)25(21)27-17;3*11-8-5-1-3-7-4-2-6-10-9(7)8;/h1-30H;4-21H,1-3H3;3-16H,1-2H3;3*1-6,11H;/q;;;;;;+3/p-3. The van der Waals surface area contributed by atoms with Crippen LogP contribution in [0.3, 0.4) is 0 Å². The molecule has 146 heavy (non-hydrogen) atoms. The minimum atomic E-state index is -2.86. The zero-order valence-corrected chi connectivity index (χ0v) is 81.9. The van der Waals surface area contributed by atoms with E-state index in [9.17, 15) is 0 Å². The predicted octanol–water partition coefficient (Wildman–Crippen LogP) is 30.9. The molecule has 0 bridgehead atoms. The third-order valence-electron chi connectivity index (χ3n) is 26.0. The molecule has 0 aliphatic rings. The summed E-state index contributed by atoms with van der Waals surface area (Å²) in [7, 11) is 0. The molecule has 17 nitrogen and oxygen atoms in total. The molecular weight excluding hydrogens is 1810 g/mol. The normalized spacial score (nSPS) is 11.3. The van der Waals surface area contributed by atoms with Crippen molar-refractivity contribution in [1.29, 1.82) is 0 Å². The van der Waals surface area contributed by atoms with E-state index < -0.39 is 15.1 Å². The first kappa shape index (κ1) is 91.1. The third kappa shape index (κ3) is 18.7. The molecule has 0 amide bonds. The van der Waals surface area contributed by atoms with E-state index in [-0.39, 0.29) is 5.41 Å². The number of pyridine rings is 5. The molecule has 26 rings (SSSR count). The van der Waals surface area contributed by atoms with Crippen LogP contribution in [0.15, 0.2) is 486 Å². The number of hydrogen-bond donors (Lipinski definition) is 0. The Balaban J connectivity index is 0.000000110. The van der Waals surface area contributed by atoms with Crippen LogP contribution in [0.4, 0.5) is 0 Å². The Morgan fingerprint density at radius 3 is 0.856 bits per heavy atom. The van der Waals surface area contributed by atoms with Crippen molar-refractivity contribution in [2.24, 2.45) is 0 Å². The number of aromatic nitrogens is 14. The lowest BCUT2D eigenvalue weighted by Gasteiger charge is -2.19. The lowest BCUT2D eigenvalue weighted by Crippen LogP contribution is -2.37. The first-order valence-corrected chi connectivity index (χ1v) is 50.1. The van der Waals surface area contributed by atoms with Crippen LogP contribution in [0, 0.1) is 13.8 Å². The van der Waals surface area contributed by atoms with Gasteiger partial charge in [0, 0.05) is 107 Å². The summed E-state index contributed by atoms with van der Waals surface area (Å²) in [6.07, 6.45) is 5.24. The molecule has 0 saturated carbocycles. The molecule has 18 heteroatoms. The van der Waals surface area contributed by atoms with Crippen molar-refractivity contribution in [2.75, 3.05) is 0 Å². The lowest BCUT2D eigenvalue weighted by atomic mass is 9.86. The summed E-state index contributed by atoms with van der Waals surface area (Å²) >= 11 is -2.86. The molecule has 0 atom stereocenters. The van der Waals surface area contributed by atoms with E-state index in [1.165, 1.54) is 38.9 Å². The van der Waals surface area contributed by atoms with Crippen LogP contribution in [-0.2, 0) is 5.41 Å². The van der Waals surface area contributed by atoms with Crippen LogP contribution in [0.5, 0.6) is 17.2 Å². The summed E-state index contributed by atoms with van der Waals surface area (Å²) in [6.45, 7) is 10.8. The molecule has 9 heterocycles. The van der Waals surface area contributed by atoms with Gasteiger partial charge in [0.1, 0.15) is 51.3 Å². The maximum absolute atomic E-state index is 6.41. The molecule has 26 aromatic rings. The van der Waals surface area contributed by atoms with Gasteiger partial charge in [-0.2, -0.15) is 0 Å². The second kappa shape index (κ2) is 40.5. The quantitative estimate of drug-likeness (QED) is 0.0586. The Kier molecular flexibility index (Phi) is 25.2. The fraction of sp³-hybridized carbons (Fsp3) is 0.0469. The summed E-state index contributed by atoms with van der Waals surface area (Å²) in [5.41, 5.74) is 29.8. The van der Waals surface area contributed by atoms with Gasteiger partial charge in [0.25, 0.3) is 0 Å². The highest BCUT2D eigenvalue weighted by atomic mass is 27.3. The Morgan fingerprint density at radius 2 is 0.514 bits per heavy atom. The summed E-state index contributed by atoms with van der Waals surface area (Å²) in [6, 6.07) is 160. The maximum atomic E-state index is 6.41. The first-order chi connectivity index (χ1) is 71.9. The number of benzene rings is 17. The zero-order valence-electron chi connectivity index (χ0n) is 80.8. The van der Waals surface area contributed by atoms with Gasteiger partial charge in [-0.1, -0.05) is 336 Å². The van der Waals surface area contributed by atoms with E-state index in [4.69, 9.17) is 36.3 Å². The largest absolute Gasteiger partial charge is 1.20 e. The molecule has 0 radical (unpaired) electrons. The zero-order chi connectivity index (χ0) is 98.4. The van der Waals surface area contributed by atoms with Crippen molar-refractivity contribution in [1.82, 2.24) is 68.3 Å². The molecule has 0 N–H and O–H groups in total. The van der Waals surface area contributed by atoms with E-state index in [1.54, 1.807) is 18.6 Å². The highest BCUT2D eigenvalue weighted by molar-refractivity contribution is 6.40. The Morgan fingerprint density at radius 1 is 0.226 bits per heavy atom. The summed E-state index contributed by atoms with van der Waals surface area (Å²) in [5, 5.41) is 14.5. The van der Waals surface area contributed by atoms with Gasteiger partial charge >= 0.3 is 15.1 Å². The van der Waals surface area contributed by atoms with Gasteiger partial charge in [-0.15, -0.1) is 10.2 Å². The van der Waals surface area contributed by atoms with E-state index in [1.807, 2.05) is 164 Å². The molecule has 0 spiro atoms. The lowest BCUT2D eigenvalue weighted by molar-refractivity contribution is 0.311. The monoisotopic (exact) mass is 1900 g/mol. The van der Waals surface area contributed by atoms with Gasteiger partial charge in [0.15, 0.2) is 11.6 Å². The molecule has 0 aliphatic heterocycles. The SMILES string of the molecule is CC(C)(C)c1ccc(-c2nnc(-c3ccc(-c4ccccc4)cc3)n2-c2ccccc2)cc1.Cc1cc(-c2ccccc2)c2ccc3c(-c4ccccc4)cc(C)nc3c2n1.c1ccc(-n2c(-c3cc(-c4nc5ccccc5n4-c4ccccc4)cc(-c4nc5ccccc5n4-c4ccccc4)c3)nc3ccccc32)cc1.c1cnc2c([O][Al]([O]c3cccc4cccnc34)[O]c3cccc4cccnc34)cccc2c1. The average Bonchev–Trinajstić information content (AvgIpc) is 1.16. The third-order valence-corrected chi connectivity index (χ3v) is 27.3. The van der Waals surface area contributed by atoms with E-state index in [2.05, 4.69) is 381 Å². The van der Waals surface area contributed by atoms with Gasteiger partial charge in [-0.25, -0.2) is 15.0 Å². The van der Waals surface area contributed by atoms with Crippen molar-refractivity contribution in [3.8, 4) is 130 Å². The maximum Gasteiger partial charge on any atom is 1.20 e. The van der Waals surface area contributed by atoms with E-state index in [0.717, 1.165) is 179 Å². The number of imidazole rings is 3. The smallest absolute Gasteiger partial charge is 0.576 e. The minimum Gasteiger partial charge on any atom is -0.576 e. The van der Waals surface area contributed by atoms with Crippen LogP contribution in [-0.4, -0.2) is 83.5 Å². The number of para-hydroxylation sites is 13. The van der Waals surface area contributed by atoms with Crippen molar-refractivity contribution < 1.29 is 11.4 Å². The molecule has 698 valence electrons. The second-order valence-electron chi connectivity index (χ2n) is 36.7. The molecule has 9 aromatic heterocycles. The van der Waals surface area contributed by atoms with E-state index in [0.29, 0.717) is 17.2 Å². The number of hydrogen-bond acceptors (Lipinski definition) is 13. The Hall–Kier alpha value is -18.7.